The van der Waals surface area contributed by atoms with E-state index in [1.807, 2.05) is 26.0 Å². The van der Waals surface area contributed by atoms with E-state index in [1.165, 1.54) is 6.92 Å². The Bertz CT molecular complexity index is 1190. The second-order valence-corrected chi connectivity index (χ2v) is 7.89. The van der Waals surface area contributed by atoms with Crippen molar-refractivity contribution in [3.05, 3.63) is 65.4 Å². The third-order valence-electron chi connectivity index (χ3n) is 5.30. The van der Waals surface area contributed by atoms with E-state index in [9.17, 15) is 14.7 Å². The predicted octanol–water partition coefficient (Wildman–Crippen LogP) is 6.01. The maximum absolute atomic E-state index is 12.1. The van der Waals surface area contributed by atoms with Gasteiger partial charge in [-0.05, 0) is 44.0 Å². The Morgan fingerprint density at radius 3 is 2.53 bits per heavy atom. The number of hydrogen-bond acceptors (Lipinski definition) is 6. The molecule has 3 aromatic rings. The number of aromatic carboxylic acids is 1. The third kappa shape index (κ3) is 5.42. The van der Waals surface area contributed by atoms with E-state index in [-0.39, 0.29) is 23.9 Å². The first-order chi connectivity index (χ1) is 16.4. The quantitative estimate of drug-likeness (QED) is 0.187. The highest BCUT2D eigenvalue weighted by molar-refractivity contribution is 5.99. The van der Waals surface area contributed by atoms with Gasteiger partial charge in [0, 0.05) is 12.0 Å². The van der Waals surface area contributed by atoms with E-state index in [2.05, 4.69) is 6.58 Å². The number of hydrogen-bond donors (Lipinski definition) is 1. The first-order valence-electron chi connectivity index (χ1n) is 11.3. The van der Waals surface area contributed by atoms with Gasteiger partial charge in [0.2, 0.25) is 0 Å². The summed E-state index contributed by atoms with van der Waals surface area (Å²) in [6.45, 7) is 9.97. The lowest BCUT2D eigenvalue weighted by Gasteiger charge is -2.18. The number of carbonyl (C=O) groups is 2. The number of carboxylic acid groups (broad SMARTS) is 1. The van der Waals surface area contributed by atoms with Crippen LogP contribution in [0.15, 0.2) is 47.4 Å². The molecule has 0 spiro atoms. The fourth-order valence-corrected chi connectivity index (χ4v) is 3.75. The van der Waals surface area contributed by atoms with Crippen LogP contribution in [0.2, 0.25) is 0 Å². The number of fused-ring (bicyclic) bond motifs is 1. The molecule has 1 aromatic heterocycles. The van der Waals surface area contributed by atoms with Crippen molar-refractivity contribution in [1.29, 1.82) is 0 Å². The average Bonchev–Trinajstić information content (AvgIpc) is 3.18. The minimum absolute atomic E-state index is 0.0758. The zero-order valence-electron chi connectivity index (χ0n) is 19.8. The fourth-order valence-electron chi connectivity index (χ4n) is 3.75. The Morgan fingerprint density at radius 2 is 1.85 bits per heavy atom. The van der Waals surface area contributed by atoms with Crippen LogP contribution >= 0.6 is 0 Å². The number of furan rings is 1. The molecule has 0 radical (unpaired) electrons. The summed E-state index contributed by atoms with van der Waals surface area (Å²) in [4.78, 5) is 23.7. The number of benzene rings is 2. The molecule has 0 unspecified atom stereocenters. The number of para-hydroxylation sites is 1. The normalized spacial score (nSPS) is 10.8. The minimum atomic E-state index is -1.18. The van der Waals surface area contributed by atoms with Crippen LogP contribution in [0.5, 0.6) is 17.2 Å². The molecule has 0 saturated heterocycles. The summed E-state index contributed by atoms with van der Waals surface area (Å²) in [5.74, 6) is -0.0456. The number of ketones is 1. The highest BCUT2D eigenvalue weighted by atomic mass is 16.5. The van der Waals surface area contributed by atoms with Gasteiger partial charge in [-0.15, -0.1) is 0 Å². The number of rotatable bonds is 13. The summed E-state index contributed by atoms with van der Waals surface area (Å²) in [7, 11) is 0. The molecule has 2 aromatic carbocycles. The van der Waals surface area contributed by atoms with Crippen LogP contribution in [0.3, 0.4) is 0 Å². The lowest BCUT2D eigenvalue weighted by atomic mass is 10.0. The van der Waals surface area contributed by atoms with E-state index in [0.717, 1.165) is 17.5 Å². The van der Waals surface area contributed by atoms with E-state index in [0.29, 0.717) is 54.1 Å². The molecule has 0 atom stereocenters. The summed E-state index contributed by atoms with van der Waals surface area (Å²) in [5.41, 5.74) is 2.71. The molecule has 3 rings (SSSR count). The Hall–Kier alpha value is -3.74. The number of carboxylic acids is 1. The molecule has 0 bridgehead atoms. The Kier molecular flexibility index (Phi) is 8.35. The summed E-state index contributed by atoms with van der Waals surface area (Å²) >= 11 is 0. The number of ether oxygens (including phenoxy) is 3. The van der Waals surface area contributed by atoms with E-state index in [1.54, 1.807) is 24.3 Å². The first-order valence-corrected chi connectivity index (χ1v) is 11.3. The Labute approximate surface area is 198 Å². The second-order valence-electron chi connectivity index (χ2n) is 7.89. The highest BCUT2D eigenvalue weighted by Crippen LogP contribution is 2.36. The molecule has 0 fully saturated rings. The Balaban J connectivity index is 1.71. The van der Waals surface area contributed by atoms with Crippen LogP contribution in [0.1, 0.15) is 58.7 Å². The summed E-state index contributed by atoms with van der Waals surface area (Å²) < 4.78 is 23.2. The van der Waals surface area contributed by atoms with Gasteiger partial charge in [0.15, 0.2) is 11.5 Å². The largest absolute Gasteiger partial charge is 0.493 e. The van der Waals surface area contributed by atoms with Crippen molar-refractivity contribution in [3.63, 3.8) is 0 Å². The van der Waals surface area contributed by atoms with Gasteiger partial charge >= 0.3 is 5.97 Å². The van der Waals surface area contributed by atoms with Crippen LogP contribution in [0.25, 0.3) is 11.0 Å². The zero-order valence-corrected chi connectivity index (χ0v) is 19.8. The highest BCUT2D eigenvalue weighted by Gasteiger charge is 2.22. The molecule has 7 nitrogen and oxygen atoms in total. The first kappa shape index (κ1) is 24.9. The molecule has 34 heavy (non-hydrogen) atoms. The van der Waals surface area contributed by atoms with Crippen molar-refractivity contribution in [3.8, 4) is 17.2 Å². The lowest BCUT2D eigenvalue weighted by Crippen LogP contribution is -2.10. The molecule has 1 N–H and O–H groups in total. The molecule has 180 valence electrons. The number of carbonyl (C=O) groups excluding carboxylic acids is 1. The third-order valence-corrected chi connectivity index (χ3v) is 5.30. The van der Waals surface area contributed by atoms with Crippen LogP contribution in [0.4, 0.5) is 0 Å². The van der Waals surface area contributed by atoms with Crippen molar-refractivity contribution in [2.24, 2.45) is 0 Å². The van der Waals surface area contributed by atoms with Crippen molar-refractivity contribution >= 4 is 22.7 Å². The van der Waals surface area contributed by atoms with Gasteiger partial charge in [-0.25, -0.2) is 4.79 Å². The van der Waals surface area contributed by atoms with Gasteiger partial charge in [0.1, 0.15) is 23.7 Å². The topological polar surface area (TPSA) is 95.2 Å². The van der Waals surface area contributed by atoms with E-state index in [4.69, 9.17) is 18.6 Å². The summed E-state index contributed by atoms with van der Waals surface area (Å²) in [6, 6.07) is 8.97. The standard InChI is InChI=1S/C27H30O7/c1-5-9-20-22(13-12-19(18(4)28)24(20)32-14-6-2)31-15-8-16-33-25-21-11-7-10-17(3)23(21)34-26(25)27(29)30/h6-7,10-13H,2,5,8-9,14-16H2,1,3-4H3,(H,29,30). The molecule has 0 amide bonds. The van der Waals surface area contributed by atoms with E-state index >= 15 is 0 Å². The van der Waals surface area contributed by atoms with Crippen molar-refractivity contribution < 1.29 is 33.3 Å². The van der Waals surface area contributed by atoms with Gasteiger partial charge in [-0.2, -0.15) is 0 Å². The van der Waals surface area contributed by atoms with Gasteiger partial charge in [-0.3, -0.25) is 4.79 Å². The Morgan fingerprint density at radius 1 is 1.09 bits per heavy atom. The maximum Gasteiger partial charge on any atom is 0.375 e. The molecule has 0 saturated carbocycles. The second kappa shape index (κ2) is 11.4. The summed E-state index contributed by atoms with van der Waals surface area (Å²) in [5, 5.41) is 10.1. The lowest BCUT2D eigenvalue weighted by molar-refractivity contribution is 0.0658. The van der Waals surface area contributed by atoms with Crippen LogP contribution in [0, 0.1) is 6.92 Å². The van der Waals surface area contributed by atoms with Crippen molar-refractivity contribution in [2.75, 3.05) is 19.8 Å². The fraction of sp³-hybridized carbons (Fsp3) is 0.333. The van der Waals surface area contributed by atoms with E-state index < -0.39 is 5.97 Å². The maximum atomic E-state index is 12.1. The SMILES string of the molecule is C=CCOc1c(C(C)=O)ccc(OCCCOc2c(C(=O)O)oc3c(C)cccc23)c1CCC. The molecule has 0 aliphatic rings. The van der Waals surface area contributed by atoms with Crippen LogP contribution in [-0.4, -0.2) is 36.7 Å². The van der Waals surface area contributed by atoms with Crippen LogP contribution in [-0.2, 0) is 6.42 Å². The molecule has 1 heterocycles. The van der Waals surface area contributed by atoms with Gasteiger partial charge in [-0.1, -0.05) is 38.1 Å². The number of aryl methyl sites for hydroxylation is 1. The van der Waals surface area contributed by atoms with Gasteiger partial charge < -0.3 is 23.7 Å². The average molecular weight is 467 g/mol. The molecule has 7 heteroatoms. The zero-order chi connectivity index (χ0) is 24.7. The van der Waals surface area contributed by atoms with Gasteiger partial charge in [0.25, 0.3) is 5.76 Å². The monoisotopic (exact) mass is 466 g/mol. The van der Waals surface area contributed by atoms with Crippen molar-refractivity contribution in [2.45, 2.75) is 40.0 Å². The molecular weight excluding hydrogens is 436 g/mol. The molecule has 0 aliphatic carbocycles. The van der Waals surface area contributed by atoms with Crippen LogP contribution < -0.4 is 14.2 Å². The van der Waals surface area contributed by atoms with Gasteiger partial charge in [0.05, 0.1) is 24.2 Å². The smallest absolute Gasteiger partial charge is 0.375 e. The summed E-state index contributed by atoms with van der Waals surface area (Å²) in [6.07, 6.45) is 3.70. The molecular formula is C27H30O7. The molecule has 0 aliphatic heterocycles. The minimum Gasteiger partial charge on any atom is -0.493 e. The number of Topliss-reactive ketones (excluding diaryl/α,β-unsaturated/α-hetero) is 1. The predicted molar refractivity (Wildman–Crippen MR) is 130 cm³/mol. The van der Waals surface area contributed by atoms with Crippen molar-refractivity contribution in [1.82, 2.24) is 0 Å².